The summed E-state index contributed by atoms with van der Waals surface area (Å²) in [6.07, 6.45) is 10.7. The van der Waals surface area contributed by atoms with Crippen molar-refractivity contribution in [1.82, 2.24) is 20.1 Å². The van der Waals surface area contributed by atoms with E-state index < -0.39 is 0 Å². The zero-order valence-corrected chi connectivity index (χ0v) is 19.1. The van der Waals surface area contributed by atoms with E-state index in [1.807, 2.05) is 41.2 Å². The molecule has 7 nitrogen and oxygen atoms in total. The topological polar surface area (TPSA) is 88.9 Å². The molecule has 0 spiro atoms. The van der Waals surface area contributed by atoms with E-state index in [4.69, 9.17) is 5.10 Å². The van der Waals surface area contributed by atoms with Crippen LogP contribution in [0, 0.1) is 0 Å². The van der Waals surface area contributed by atoms with Crippen LogP contribution in [0.3, 0.4) is 0 Å². The van der Waals surface area contributed by atoms with Gasteiger partial charge >= 0.3 is 0 Å². The fourth-order valence-corrected chi connectivity index (χ4v) is 3.69. The van der Waals surface area contributed by atoms with Gasteiger partial charge < -0.3 is 10.6 Å². The monoisotopic (exact) mass is 463 g/mol. The summed E-state index contributed by atoms with van der Waals surface area (Å²) in [6.45, 7) is 0.620. The average Bonchev–Trinajstić information content (AvgIpc) is 3.61. The summed E-state index contributed by atoms with van der Waals surface area (Å²) in [5, 5.41) is 10.5. The number of hydrogen-bond acceptors (Lipinski definition) is 4. The van der Waals surface area contributed by atoms with Gasteiger partial charge in [0, 0.05) is 53.1 Å². The van der Waals surface area contributed by atoms with Gasteiger partial charge in [-0.25, -0.2) is 0 Å². The number of pyridine rings is 1. The number of nitrogens with zero attached hydrogens (tertiary/aromatic N) is 3. The Morgan fingerprint density at radius 3 is 2.51 bits per heavy atom. The minimum absolute atomic E-state index is 0.0827. The summed E-state index contributed by atoms with van der Waals surface area (Å²) >= 11 is 0. The summed E-state index contributed by atoms with van der Waals surface area (Å²) < 4.78 is 1.86. The maximum atomic E-state index is 12.6. The maximum Gasteiger partial charge on any atom is 0.251 e. The summed E-state index contributed by atoms with van der Waals surface area (Å²) in [4.78, 5) is 28.9. The molecular weight excluding hydrogens is 438 g/mol. The highest BCUT2D eigenvalue weighted by Crippen LogP contribution is 2.23. The van der Waals surface area contributed by atoms with Crippen molar-refractivity contribution in [3.63, 3.8) is 0 Å². The Morgan fingerprint density at radius 1 is 1.00 bits per heavy atom. The average molecular weight is 464 g/mol. The molecule has 2 amide bonds. The van der Waals surface area contributed by atoms with Crippen LogP contribution in [0.25, 0.3) is 17.3 Å². The first-order valence-electron chi connectivity index (χ1n) is 11.6. The van der Waals surface area contributed by atoms with E-state index in [2.05, 4.69) is 27.8 Å². The summed E-state index contributed by atoms with van der Waals surface area (Å²) in [7, 11) is 0. The molecule has 2 aromatic carbocycles. The predicted octanol–water partition coefficient (Wildman–Crippen LogP) is 4.54. The van der Waals surface area contributed by atoms with Gasteiger partial charge in [-0.15, -0.1) is 0 Å². The number of hydrogen-bond donors (Lipinski definition) is 2. The highest BCUT2D eigenvalue weighted by molar-refractivity contribution is 6.02. The summed E-state index contributed by atoms with van der Waals surface area (Å²) in [5.74, 6) is -0.353. The van der Waals surface area contributed by atoms with E-state index in [9.17, 15) is 9.59 Å². The Hall–Kier alpha value is -4.52. The molecule has 5 rings (SSSR count). The lowest BCUT2D eigenvalue weighted by Gasteiger charge is -2.05. The molecule has 0 saturated heterocycles. The molecule has 174 valence electrons. The molecule has 1 aliphatic rings. The first-order valence-corrected chi connectivity index (χ1v) is 11.6. The van der Waals surface area contributed by atoms with Crippen LogP contribution in [0.4, 0.5) is 5.69 Å². The highest BCUT2D eigenvalue weighted by Gasteiger charge is 2.23. The van der Waals surface area contributed by atoms with Gasteiger partial charge in [-0.2, -0.15) is 5.10 Å². The quantitative estimate of drug-likeness (QED) is 0.376. The van der Waals surface area contributed by atoms with E-state index >= 15 is 0 Å². The van der Waals surface area contributed by atoms with Gasteiger partial charge in [-0.3, -0.25) is 19.3 Å². The third-order valence-electron chi connectivity index (χ3n) is 5.65. The molecule has 7 heteroatoms. The van der Waals surface area contributed by atoms with E-state index in [0.29, 0.717) is 23.8 Å². The van der Waals surface area contributed by atoms with Crippen molar-refractivity contribution >= 4 is 23.6 Å². The molecule has 0 atom stereocenters. The Labute approximate surface area is 203 Å². The number of carbonyl (C=O) groups is 2. The zero-order valence-electron chi connectivity index (χ0n) is 19.1. The lowest BCUT2D eigenvalue weighted by Crippen LogP contribution is -2.25. The van der Waals surface area contributed by atoms with Gasteiger partial charge in [0.15, 0.2) is 0 Å². The number of benzene rings is 2. The van der Waals surface area contributed by atoms with Gasteiger partial charge in [0.2, 0.25) is 5.91 Å². The lowest BCUT2D eigenvalue weighted by molar-refractivity contribution is -0.111. The molecule has 0 radical (unpaired) electrons. The van der Waals surface area contributed by atoms with Gasteiger partial charge in [-0.05, 0) is 60.9 Å². The minimum atomic E-state index is -0.270. The zero-order chi connectivity index (χ0) is 24.0. The largest absolute Gasteiger partial charge is 0.349 e. The standard InChI is InChI=1S/C28H25N5O2/c34-26(30-24-11-8-21(9-12-24)28(35)31-25-13-14-25)15-10-23-19-33(18-20-5-2-1-3-6-20)32-27(23)22-7-4-16-29-17-22/h1-12,15-17,19,25H,13-14,18H2,(H,30,34)(H,31,35)/b15-10+. The molecule has 4 aromatic rings. The van der Waals surface area contributed by atoms with Crippen LogP contribution < -0.4 is 10.6 Å². The van der Waals surface area contributed by atoms with E-state index in [1.165, 1.54) is 6.08 Å². The number of rotatable bonds is 8. The SMILES string of the molecule is O=C(/C=C/c1cn(Cc2ccccc2)nc1-c1cccnc1)Nc1ccc(C(=O)NC2CC2)cc1. The fraction of sp³-hybridized carbons (Fsp3) is 0.143. The number of nitrogens with one attached hydrogen (secondary N) is 2. The van der Waals surface area contributed by atoms with E-state index in [1.54, 1.807) is 42.7 Å². The predicted molar refractivity (Wildman–Crippen MR) is 136 cm³/mol. The molecule has 2 aromatic heterocycles. The van der Waals surface area contributed by atoms with Crippen LogP contribution in [0.1, 0.15) is 34.3 Å². The minimum Gasteiger partial charge on any atom is -0.349 e. The maximum absolute atomic E-state index is 12.6. The van der Waals surface area contributed by atoms with Gasteiger partial charge in [0.05, 0.1) is 6.54 Å². The Balaban J connectivity index is 1.29. The number of anilines is 1. The van der Waals surface area contributed by atoms with Crippen LogP contribution in [-0.4, -0.2) is 32.6 Å². The smallest absolute Gasteiger partial charge is 0.251 e. The second-order valence-electron chi connectivity index (χ2n) is 8.51. The molecule has 0 aliphatic heterocycles. The molecule has 2 heterocycles. The van der Waals surface area contributed by atoms with Crippen molar-refractivity contribution in [2.45, 2.75) is 25.4 Å². The molecule has 0 unspecified atom stereocenters. The molecule has 2 N–H and O–H groups in total. The normalized spacial score (nSPS) is 13.0. The van der Waals surface area contributed by atoms with Crippen LogP contribution in [0.2, 0.25) is 0 Å². The van der Waals surface area contributed by atoms with E-state index in [-0.39, 0.29) is 11.8 Å². The molecule has 1 fully saturated rings. The number of amides is 2. The highest BCUT2D eigenvalue weighted by atomic mass is 16.2. The molecule has 0 bridgehead atoms. The van der Waals surface area contributed by atoms with Crippen molar-refractivity contribution in [2.75, 3.05) is 5.32 Å². The second-order valence-corrected chi connectivity index (χ2v) is 8.51. The lowest BCUT2D eigenvalue weighted by atomic mass is 10.1. The number of aromatic nitrogens is 3. The van der Waals surface area contributed by atoms with Gasteiger partial charge in [0.1, 0.15) is 5.69 Å². The van der Waals surface area contributed by atoms with Gasteiger partial charge in [-0.1, -0.05) is 30.3 Å². The Bertz CT molecular complexity index is 1340. The van der Waals surface area contributed by atoms with Gasteiger partial charge in [0.25, 0.3) is 5.91 Å². The van der Waals surface area contributed by atoms with Crippen molar-refractivity contribution in [2.24, 2.45) is 0 Å². The van der Waals surface area contributed by atoms with Crippen LogP contribution in [-0.2, 0) is 11.3 Å². The second kappa shape index (κ2) is 10.2. The molecule has 35 heavy (non-hydrogen) atoms. The van der Waals surface area contributed by atoms with Crippen molar-refractivity contribution in [3.8, 4) is 11.3 Å². The first-order chi connectivity index (χ1) is 17.1. The van der Waals surface area contributed by atoms with Crippen molar-refractivity contribution in [3.05, 3.63) is 108 Å². The Morgan fingerprint density at radius 2 is 1.80 bits per heavy atom. The first kappa shape index (κ1) is 22.3. The summed E-state index contributed by atoms with van der Waals surface area (Å²) in [5.41, 5.74) is 4.78. The molecular formula is C28H25N5O2. The fourth-order valence-electron chi connectivity index (χ4n) is 3.69. The van der Waals surface area contributed by atoms with E-state index in [0.717, 1.165) is 35.2 Å². The van der Waals surface area contributed by atoms with Crippen molar-refractivity contribution in [1.29, 1.82) is 0 Å². The van der Waals surface area contributed by atoms with Crippen LogP contribution >= 0.6 is 0 Å². The van der Waals surface area contributed by atoms with Crippen LogP contribution in [0.15, 0.2) is 91.4 Å². The molecule has 1 aliphatic carbocycles. The Kier molecular flexibility index (Phi) is 6.48. The third-order valence-corrected chi connectivity index (χ3v) is 5.65. The number of carbonyl (C=O) groups excluding carboxylic acids is 2. The van der Waals surface area contributed by atoms with Crippen molar-refractivity contribution < 1.29 is 9.59 Å². The van der Waals surface area contributed by atoms with Crippen LogP contribution in [0.5, 0.6) is 0 Å². The summed E-state index contributed by atoms with van der Waals surface area (Å²) in [6, 6.07) is 21.1. The third kappa shape index (κ3) is 5.89. The molecule has 1 saturated carbocycles.